The summed E-state index contributed by atoms with van der Waals surface area (Å²) < 4.78 is 34.2. The van der Waals surface area contributed by atoms with Crippen molar-refractivity contribution in [2.75, 3.05) is 0 Å². The largest absolute Gasteiger partial charge is 0.358 e. The second-order valence-electron chi connectivity index (χ2n) is 8.40. The highest BCUT2D eigenvalue weighted by Crippen LogP contribution is 2.46. The molecule has 1 atom stereocenters. The molecule has 0 saturated heterocycles. The van der Waals surface area contributed by atoms with Crippen molar-refractivity contribution in [1.29, 1.82) is 0 Å². The molecule has 5 heteroatoms. The number of aryl methyl sites for hydroxylation is 2. The van der Waals surface area contributed by atoms with Crippen LogP contribution < -0.4 is 0 Å². The predicted octanol–water partition coefficient (Wildman–Crippen LogP) is 5.51. The number of rotatable bonds is 5. The van der Waals surface area contributed by atoms with Gasteiger partial charge in [-0.2, -0.15) is 8.42 Å². The van der Waals surface area contributed by atoms with Gasteiger partial charge in [-0.05, 0) is 73.4 Å². The summed E-state index contributed by atoms with van der Waals surface area (Å²) in [5.41, 5.74) is 6.75. The van der Waals surface area contributed by atoms with Crippen molar-refractivity contribution in [3.63, 3.8) is 0 Å². The minimum Gasteiger partial charge on any atom is -0.358 e. The molecule has 0 radical (unpaired) electrons. The van der Waals surface area contributed by atoms with Crippen LogP contribution in [0.5, 0.6) is 0 Å². The maximum Gasteiger partial charge on any atom is 0.294 e. The van der Waals surface area contributed by atoms with E-state index < -0.39 is 10.1 Å². The molecule has 1 unspecified atom stereocenters. The van der Waals surface area contributed by atoms with Crippen LogP contribution in [0.2, 0.25) is 0 Å². The van der Waals surface area contributed by atoms with E-state index in [9.17, 15) is 13.0 Å². The number of para-hydroxylation sites is 1. The summed E-state index contributed by atoms with van der Waals surface area (Å²) in [6.45, 7) is 6.33. The molecule has 1 aromatic heterocycles. The van der Waals surface area contributed by atoms with E-state index in [-0.39, 0.29) is 10.3 Å². The van der Waals surface area contributed by atoms with Gasteiger partial charge in [0.15, 0.2) is 0 Å². The van der Waals surface area contributed by atoms with Crippen LogP contribution in [0.4, 0.5) is 0 Å². The van der Waals surface area contributed by atoms with E-state index in [1.807, 2.05) is 6.07 Å². The van der Waals surface area contributed by atoms with Crippen molar-refractivity contribution >= 4 is 21.0 Å². The lowest BCUT2D eigenvalue weighted by Gasteiger charge is -2.40. The van der Waals surface area contributed by atoms with Crippen LogP contribution in [0, 0.1) is 6.92 Å². The quantitative estimate of drug-likeness (QED) is 0.544. The molecule has 0 fully saturated rings. The van der Waals surface area contributed by atoms with Gasteiger partial charge in [-0.15, -0.1) is 0 Å². The zero-order chi connectivity index (χ0) is 20.8. The Bertz CT molecular complexity index is 1180. The second kappa shape index (κ2) is 7.29. The molecule has 1 aliphatic carbocycles. The van der Waals surface area contributed by atoms with Crippen LogP contribution in [0.1, 0.15) is 61.1 Å². The molecule has 0 saturated carbocycles. The Morgan fingerprint density at radius 3 is 2.59 bits per heavy atom. The van der Waals surface area contributed by atoms with Crippen LogP contribution in [0.3, 0.4) is 0 Å². The van der Waals surface area contributed by atoms with Gasteiger partial charge in [-0.3, -0.25) is 4.55 Å². The Morgan fingerprint density at radius 1 is 1.14 bits per heavy atom. The standard InChI is InChI=1S/C24H29NO3S/c1-4-8-18-22(29(26,27)28)12-11-16(3)23(18)24(5-2)14-13-21-19(15-24)17-9-6-7-10-20(17)25-21/h6-7,9-12,25H,4-5,8,13-15H2,1-3H3,(H,26,27,28). The van der Waals surface area contributed by atoms with Crippen molar-refractivity contribution in [2.45, 2.75) is 69.6 Å². The highest BCUT2D eigenvalue weighted by atomic mass is 32.2. The summed E-state index contributed by atoms with van der Waals surface area (Å²) in [6, 6.07) is 11.9. The Balaban J connectivity index is 1.95. The Labute approximate surface area is 173 Å². The van der Waals surface area contributed by atoms with Gasteiger partial charge in [0.05, 0.1) is 4.90 Å². The van der Waals surface area contributed by atoms with Crippen molar-refractivity contribution in [3.05, 3.63) is 64.3 Å². The fraction of sp³-hybridized carbons (Fsp3) is 0.417. The summed E-state index contributed by atoms with van der Waals surface area (Å²) in [4.78, 5) is 3.66. The molecule has 0 spiro atoms. The average molecular weight is 412 g/mol. The number of hydrogen-bond acceptors (Lipinski definition) is 2. The topological polar surface area (TPSA) is 70.2 Å². The fourth-order valence-electron chi connectivity index (χ4n) is 5.38. The van der Waals surface area contributed by atoms with Crippen molar-refractivity contribution in [2.24, 2.45) is 0 Å². The van der Waals surface area contributed by atoms with E-state index in [1.54, 1.807) is 6.07 Å². The average Bonchev–Trinajstić information content (AvgIpc) is 3.05. The summed E-state index contributed by atoms with van der Waals surface area (Å²) >= 11 is 0. The molecule has 0 aliphatic heterocycles. The monoisotopic (exact) mass is 411 g/mol. The third-order valence-corrected chi connectivity index (χ3v) is 7.67. The van der Waals surface area contributed by atoms with E-state index in [0.717, 1.165) is 48.8 Å². The molecule has 1 aliphatic rings. The van der Waals surface area contributed by atoms with Gasteiger partial charge in [0.25, 0.3) is 10.1 Å². The maximum atomic E-state index is 12.1. The Hall–Kier alpha value is -2.11. The van der Waals surface area contributed by atoms with Crippen LogP contribution >= 0.6 is 0 Å². The van der Waals surface area contributed by atoms with Gasteiger partial charge in [0.1, 0.15) is 0 Å². The van der Waals surface area contributed by atoms with Crippen LogP contribution in [0.25, 0.3) is 10.9 Å². The summed E-state index contributed by atoms with van der Waals surface area (Å²) in [5.74, 6) is 0. The number of aromatic amines is 1. The molecule has 4 nitrogen and oxygen atoms in total. The maximum absolute atomic E-state index is 12.1. The minimum atomic E-state index is -4.26. The highest BCUT2D eigenvalue weighted by molar-refractivity contribution is 7.85. The second-order valence-corrected chi connectivity index (χ2v) is 9.79. The van der Waals surface area contributed by atoms with E-state index in [2.05, 4.69) is 50.0 Å². The molecular weight excluding hydrogens is 382 g/mol. The van der Waals surface area contributed by atoms with Gasteiger partial charge in [-0.1, -0.05) is 44.5 Å². The fourth-order valence-corrected chi connectivity index (χ4v) is 6.13. The predicted molar refractivity (Wildman–Crippen MR) is 117 cm³/mol. The highest BCUT2D eigenvalue weighted by Gasteiger charge is 2.39. The van der Waals surface area contributed by atoms with Gasteiger partial charge in [0.2, 0.25) is 0 Å². The van der Waals surface area contributed by atoms with Gasteiger partial charge < -0.3 is 4.98 Å². The van der Waals surface area contributed by atoms with Gasteiger partial charge in [0, 0.05) is 22.0 Å². The van der Waals surface area contributed by atoms with Crippen molar-refractivity contribution in [1.82, 2.24) is 4.98 Å². The number of aromatic nitrogens is 1. The zero-order valence-electron chi connectivity index (χ0n) is 17.4. The van der Waals surface area contributed by atoms with Gasteiger partial charge in [-0.25, -0.2) is 0 Å². The summed E-state index contributed by atoms with van der Waals surface area (Å²) in [6.07, 6.45) is 5.20. The molecule has 0 amide bonds. The molecule has 2 aromatic carbocycles. The number of nitrogens with one attached hydrogen (secondary N) is 1. The lowest BCUT2D eigenvalue weighted by molar-refractivity contribution is 0.351. The lowest BCUT2D eigenvalue weighted by atomic mass is 9.64. The van der Waals surface area contributed by atoms with Gasteiger partial charge >= 0.3 is 0 Å². The number of H-pyrrole nitrogens is 1. The molecule has 29 heavy (non-hydrogen) atoms. The minimum absolute atomic E-state index is 0.0810. The zero-order valence-corrected chi connectivity index (χ0v) is 18.2. The van der Waals surface area contributed by atoms with E-state index in [4.69, 9.17) is 0 Å². The van der Waals surface area contributed by atoms with Crippen molar-refractivity contribution < 1.29 is 13.0 Å². The first-order valence-electron chi connectivity index (χ1n) is 10.5. The first-order chi connectivity index (χ1) is 13.8. The first-order valence-corrected chi connectivity index (χ1v) is 11.9. The number of hydrogen-bond donors (Lipinski definition) is 2. The lowest BCUT2D eigenvalue weighted by Crippen LogP contribution is -2.35. The van der Waals surface area contributed by atoms with Crippen LogP contribution in [-0.2, 0) is 34.8 Å². The normalized spacial score (nSPS) is 19.4. The Morgan fingerprint density at radius 2 is 1.90 bits per heavy atom. The molecular formula is C24H29NO3S. The third kappa shape index (κ3) is 3.30. The molecule has 0 bridgehead atoms. The van der Waals surface area contributed by atoms with Crippen molar-refractivity contribution in [3.8, 4) is 0 Å². The van der Waals surface area contributed by atoms with E-state index >= 15 is 0 Å². The molecule has 4 rings (SSSR count). The molecule has 3 aromatic rings. The smallest absolute Gasteiger partial charge is 0.294 e. The van der Waals surface area contributed by atoms with Crippen LogP contribution in [0.15, 0.2) is 41.3 Å². The molecule has 2 N–H and O–H groups in total. The third-order valence-electron chi connectivity index (χ3n) is 6.73. The molecule has 154 valence electrons. The number of fused-ring (bicyclic) bond motifs is 3. The molecule has 1 heterocycles. The number of benzene rings is 2. The van der Waals surface area contributed by atoms with Crippen LogP contribution in [-0.4, -0.2) is 18.0 Å². The van der Waals surface area contributed by atoms with E-state index in [0.29, 0.717) is 6.42 Å². The van der Waals surface area contributed by atoms with E-state index in [1.165, 1.54) is 22.2 Å². The Kier molecular flexibility index (Phi) is 5.07. The SMILES string of the molecule is CCCc1c(S(=O)(=O)O)ccc(C)c1C1(CC)CCc2[nH]c3ccccc3c2C1. The summed E-state index contributed by atoms with van der Waals surface area (Å²) in [7, 11) is -4.26. The first kappa shape index (κ1) is 20.2. The summed E-state index contributed by atoms with van der Waals surface area (Å²) in [5, 5.41) is 1.26.